The third-order valence-electron chi connectivity index (χ3n) is 5.96. The van der Waals surface area contributed by atoms with Crippen molar-refractivity contribution in [1.82, 2.24) is 14.5 Å². The van der Waals surface area contributed by atoms with E-state index in [0.29, 0.717) is 24.6 Å². The Morgan fingerprint density at radius 1 is 1.10 bits per heavy atom. The van der Waals surface area contributed by atoms with Gasteiger partial charge in [0.25, 0.3) is 11.1 Å². The van der Waals surface area contributed by atoms with Crippen LogP contribution < -0.4 is 11.1 Å². The number of halogens is 1. The molecule has 0 aliphatic carbocycles. The van der Waals surface area contributed by atoms with Crippen molar-refractivity contribution < 1.29 is 4.39 Å². The standard InChI is InChI=1S/C25H26FN3O2/c1-14(2)19-12-20-21(10-16(19)4)29(22-13-23(30)28-25(31)24(22)27-20)9-8-15(3)17-6-5-7-18(26)11-17/h5-7,10-15H,8-9H2,1-4H3,(H,28,30,31). The van der Waals surface area contributed by atoms with Gasteiger partial charge in [0.15, 0.2) is 5.69 Å². The predicted molar refractivity (Wildman–Crippen MR) is 122 cm³/mol. The van der Waals surface area contributed by atoms with Crippen LogP contribution in [0.2, 0.25) is 0 Å². The second-order valence-electron chi connectivity index (χ2n) is 8.56. The predicted octanol–water partition coefficient (Wildman–Crippen LogP) is 4.95. The summed E-state index contributed by atoms with van der Waals surface area (Å²) in [6, 6.07) is 12.2. The number of fused-ring (bicyclic) bond motifs is 2. The molecule has 0 saturated heterocycles. The first-order valence-corrected chi connectivity index (χ1v) is 10.6. The molecule has 31 heavy (non-hydrogen) atoms. The molecule has 0 fully saturated rings. The van der Waals surface area contributed by atoms with Gasteiger partial charge in [-0.25, -0.2) is 9.37 Å². The Kier molecular flexibility index (Phi) is 5.48. The van der Waals surface area contributed by atoms with Gasteiger partial charge in [-0.15, -0.1) is 0 Å². The van der Waals surface area contributed by atoms with Crippen LogP contribution in [0.1, 0.15) is 55.7 Å². The lowest BCUT2D eigenvalue weighted by Gasteiger charge is -2.21. The molecular formula is C25H26FN3O2. The summed E-state index contributed by atoms with van der Waals surface area (Å²) in [6.07, 6.45) is 0.717. The molecule has 0 spiro atoms. The molecule has 0 radical (unpaired) electrons. The van der Waals surface area contributed by atoms with E-state index in [1.165, 1.54) is 17.7 Å². The van der Waals surface area contributed by atoms with Gasteiger partial charge in [-0.1, -0.05) is 32.9 Å². The van der Waals surface area contributed by atoms with Gasteiger partial charge in [0.2, 0.25) is 0 Å². The third-order valence-corrected chi connectivity index (χ3v) is 5.96. The van der Waals surface area contributed by atoms with E-state index in [9.17, 15) is 14.0 Å². The molecule has 2 aliphatic heterocycles. The van der Waals surface area contributed by atoms with Crippen LogP contribution in [0.15, 0.2) is 52.1 Å². The van der Waals surface area contributed by atoms with Crippen LogP contribution in [0.5, 0.6) is 0 Å². The van der Waals surface area contributed by atoms with Crippen molar-refractivity contribution in [3.05, 3.63) is 85.7 Å². The fourth-order valence-electron chi connectivity index (χ4n) is 4.25. The zero-order valence-corrected chi connectivity index (χ0v) is 18.2. The molecule has 2 aromatic carbocycles. The zero-order valence-electron chi connectivity index (χ0n) is 18.2. The average molecular weight is 420 g/mol. The molecule has 5 nitrogen and oxygen atoms in total. The van der Waals surface area contributed by atoms with Crippen molar-refractivity contribution in [2.24, 2.45) is 0 Å². The maximum atomic E-state index is 13.7. The van der Waals surface area contributed by atoms with Gasteiger partial charge in [-0.2, -0.15) is 0 Å². The highest BCUT2D eigenvalue weighted by molar-refractivity contribution is 5.82. The smallest absolute Gasteiger partial charge is 0.278 e. The Labute approximate surface area is 179 Å². The first-order valence-electron chi connectivity index (χ1n) is 10.6. The SMILES string of the molecule is Cc1cc2c(cc1C(C)C)nc1c(=O)[nH]c(=O)cc-1n2CCC(C)c1cccc(F)c1. The van der Waals surface area contributed by atoms with Crippen LogP contribution in [0, 0.1) is 12.7 Å². The van der Waals surface area contributed by atoms with E-state index >= 15 is 0 Å². The summed E-state index contributed by atoms with van der Waals surface area (Å²) >= 11 is 0. The summed E-state index contributed by atoms with van der Waals surface area (Å²) in [6.45, 7) is 8.93. The van der Waals surface area contributed by atoms with Crippen molar-refractivity contribution in [2.75, 3.05) is 0 Å². The molecule has 1 atom stereocenters. The molecule has 4 rings (SSSR count). The highest BCUT2D eigenvalue weighted by Gasteiger charge is 2.19. The molecule has 0 saturated carbocycles. The highest BCUT2D eigenvalue weighted by Crippen LogP contribution is 2.29. The number of nitrogens with one attached hydrogen (secondary N) is 1. The number of pyridine rings is 1. The lowest BCUT2D eigenvalue weighted by molar-refractivity contribution is 0.578. The highest BCUT2D eigenvalue weighted by atomic mass is 19.1. The quantitative estimate of drug-likeness (QED) is 0.465. The van der Waals surface area contributed by atoms with Gasteiger partial charge >= 0.3 is 0 Å². The molecule has 0 amide bonds. The van der Waals surface area contributed by atoms with Gasteiger partial charge in [0.05, 0.1) is 16.7 Å². The number of aromatic nitrogens is 3. The first kappa shape index (κ1) is 21.0. The number of hydrogen-bond acceptors (Lipinski definition) is 3. The van der Waals surface area contributed by atoms with E-state index in [0.717, 1.165) is 22.2 Å². The Bertz CT molecular complexity index is 1350. The molecular weight excluding hydrogens is 393 g/mol. The summed E-state index contributed by atoms with van der Waals surface area (Å²) in [7, 11) is 0. The second-order valence-corrected chi connectivity index (χ2v) is 8.56. The number of hydrogen-bond donors (Lipinski definition) is 1. The molecule has 0 bridgehead atoms. The van der Waals surface area contributed by atoms with Crippen LogP contribution >= 0.6 is 0 Å². The minimum atomic E-state index is -0.483. The van der Waals surface area contributed by atoms with E-state index in [2.05, 4.69) is 43.7 Å². The molecule has 0 aromatic heterocycles. The first-order chi connectivity index (χ1) is 14.7. The molecule has 160 valence electrons. The normalized spacial score (nSPS) is 12.7. The molecule has 2 heterocycles. The van der Waals surface area contributed by atoms with Crippen molar-refractivity contribution in [3.8, 4) is 11.4 Å². The average Bonchev–Trinajstić information content (AvgIpc) is 2.71. The molecule has 2 aromatic rings. The lowest BCUT2D eigenvalue weighted by Crippen LogP contribution is -2.25. The van der Waals surface area contributed by atoms with Crippen molar-refractivity contribution in [2.45, 2.75) is 52.5 Å². The molecule has 2 aliphatic rings. The van der Waals surface area contributed by atoms with Crippen molar-refractivity contribution >= 4 is 11.0 Å². The van der Waals surface area contributed by atoms with Crippen LogP contribution in [-0.4, -0.2) is 14.5 Å². The minimum absolute atomic E-state index is 0.103. The summed E-state index contributed by atoms with van der Waals surface area (Å²) in [5.41, 5.74) is 4.69. The number of H-pyrrole nitrogens is 1. The van der Waals surface area contributed by atoms with Crippen LogP contribution in [0.4, 0.5) is 4.39 Å². The van der Waals surface area contributed by atoms with Crippen LogP contribution in [-0.2, 0) is 6.54 Å². The Hall–Kier alpha value is -3.28. The maximum absolute atomic E-state index is 13.7. The van der Waals surface area contributed by atoms with Crippen molar-refractivity contribution in [1.29, 1.82) is 0 Å². The fourth-order valence-corrected chi connectivity index (χ4v) is 4.25. The summed E-state index contributed by atoms with van der Waals surface area (Å²) in [5, 5.41) is 0. The molecule has 1 unspecified atom stereocenters. The lowest BCUT2D eigenvalue weighted by atomic mass is 9.96. The monoisotopic (exact) mass is 419 g/mol. The Morgan fingerprint density at radius 3 is 2.58 bits per heavy atom. The molecule has 6 heteroatoms. The van der Waals surface area contributed by atoms with E-state index in [1.807, 2.05) is 16.7 Å². The van der Waals surface area contributed by atoms with E-state index < -0.39 is 11.1 Å². The summed E-state index contributed by atoms with van der Waals surface area (Å²) in [5.74, 6) is 0.174. The van der Waals surface area contributed by atoms with Gasteiger partial charge < -0.3 is 4.57 Å². The third kappa shape index (κ3) is 4.02. The summed E-state index contributed by atoms with van der Waals surface area (Å²) < 4.78 is 15.7. The molecule has 1 N–H and O–H groups in total. The minimum Gasteiger partial charge on any atom is -0.338 e. The van der Waals surface area contributed by atoms with E-state index in [1.54, 1.807) is 12.1 Å². The zero-order chi connectivity index (χ0) is 22.3. The van der Waals surface area contributed by atoms with Crippen molar-refractivity contribution in [3.63, 3.8) is 0 Å². The van der Waals surface area contributed by atoms with Gasteiger partial charge in [-0.3, -0.25) is 14.6 Å². The number of benzene rings is 2. The van der Waals surface area contributed by atoms with Gasteiger partial charge in [-0.05, 0) is 66.1 Å². The number of aryl methyl sites for hydroxylation is 2. The van der Waals surface area contributed by atoms with E-state index in [4.69, 9.17) is 0 Å². The Balaban J connectivity index is 1.87. The van der Waals surface area contributed by atoms with E-state index in [-0.39, 0.29) is 17.4 Å². The van der Waals surface area contributed by atoms with Crippen LogP contribution in [0.3, 0.4) is 0 Å². The number of rotatable bonds is 5. The largest absolute Gasteiger partial charge is 0.338 e. The number of nitrogens with zero attached hydrogens (tertiary/aromatic N) is 2. The topological polar surface area (TPSA) is 67.8 Å². The second kappa shape index (κ2) is 8.10. The van der Waals surface area contributed by atoms with Gasteiger partial charge in [0, 0.05) is 12.6 Å². The maximum Gasteiger partial charge on any atom is 0.278 e. The fraction of sp³-hybridized carbons (Fsp3) is 0.320. The number of aromatic amines is 1. The van der Waals surface area contributed by atoms with Crippen LogP contribution in [0.25, 0.3) is 22.4 Å². The van der Waals surface area contributed by atoms with Gasteiger partial charge in [0.1, 0.15) is 5.82 Å². The summed E-state index contributed by atoms with van der Waals surface area (Å²) in [4.78, 5) is 31.5. The Morgan fingerprint density at radius 2 is 1.87 bits per heavy atom.